The molecule has 0 aromatic rings. The summed E-state index contributed by atoms with van der Waals surface area (Å²) in [5.41, 5.74) is 26.8. The highest BCUT2D eigenvalue weighted by Gasteiger charge is 2.32. The van der Waals surface area contributed by atoms with Crippen LogP contribution in [-0.2, 0) is 19.2 Å². The summed E-state index contributed by atoms with van der Waals surface area (Å²) in [7, 11) is 0. The molecule has 0 heterocycles. The van der Waals surface area contributed by atoms with Crippen molar-refractivity contribution in [3.8, 4) is 0 Å². The van der Waals surface area contributed by atoms with Crippen molar-refractivity contribution >= 4 is 35.6 Å². The summed E-state index contributed by atoms with van der Waals surface area (Å²) in [4.78, 5) is 57.3. The molecule has 0 saturated heterocycles. The highest BCUT2D eigenvalue weighted by atomic mass is 16.4. The molecule has 16 N–H and O–H groups in total. The molecule has 212 valence electrons. The van der Waals surface area contributed by atoms with Crippen molar-refractivity contribution in [3.63, 3.8) is 0 Å². The Balaban J connectivity index is 5.73. The first-order valence-electron chi connectivity index (χ1n) is 11.5. The second-order valence-electron chi connectivity index (χ2n) is 8.35. The Labute approximate surface area is 214 Å². The molecule has 17 heteroatoms. The second kappa shape index (κ2) is 16.9. The van der Waals surface area contributed by atoms with Gasteiger partial charge >= 0.3 is 5.97 Å². The van der Waals surface area contributed by atoms with Gasteiger partial charge in [0, 0.05) is 13.1 Å². The largest absolute Gasteiger partial charge is 0.480 e. The van der Waals surface area contributed by atoms with Crippen molar-refractivity contribution in [2.45, 2.75) is 75.9 Å². The number of nitrogens with two attached hydrogens (primary N) is 5. The molecule has 0 aromatic carbocycles. The van der Waals surface area contributed by atoms with E-state index in [1.807, 2.05) is 0 Å². The minimum Gasteiger partial charge on any atom is -0.480 e. The number of hydrogen-bond donors (Lipinski definition) is 11. The lowest BCUT2D eigenvalue weighted by Crippen LogP contribution is -2.59. The maximum absolute atomic E-state index is 13.1. The van der Waals surface area contributed by atoms with Crippen LogP contribution in [0.3, 0.4) is 0 Å². The lowest BCUT2D eigenvalue weighted by molar-refractivity contribution is -0.145. The van der Waals surface area contributed by atoms with Gasteiger partial charge in [-0.25, -0.2) is 4.79 Å². The molecule has 0 bridgehead atoms. The molecule has 3 amide bonds. The molecule has 6 unspecified atom stereocenters. The Bertz CT molecular complexity index is 826. The first-order chi connectivity index (χ1) is 17.2. The number of rotatable bonds is 17. The van der Waals surface area contributed by atoms with Crippen LogP contribution < -0.4 is 44.6 Å². The van der Waals surface area contributed by atoms with Crippen molar-refractivity contribution in [1.29, 1.82) is 0 Å². The zero-order chi connectivity index (χ0) is 28.7. The minimum absolute atomic E-state index is 0.0116. The highest BCUT2D eigenvalue weighted by Crippen LogP contribution is 2.06. The number of guanidine groups is 2. The SMILES string of the molecule is CC(O)C(N)C(=O)NC(CCCN=C(N)N)C(=O)NC(CCCN=C(N)N)C(=O)NC(C(=O)O)C(C)O. The predicted octanol–water partition coefficient (Wildman–Crippen LogP) is -5.28. The summed E-state index contributed by atoms with van der Waals surface area (Å²) in [6.07, 6.45) is -2.13. The average molecular weight is 533 g/mol. The Hall–Kier alpha value is -3.70. The monoisotopic (exact) mass is 532 g/mol. The minimum atomic E-state index is -1.64. The summed E-state index contributed by atoms with van der Waals surface area (Å²) in [6, 6.07) is -5.44. The molecule has 0 fully saturated rings. The van der Waals surface area contributed by atoms with Gasteiger partial charge in [0.15, 0.2) is 18.0 Å². The normalized spacial score (nSPS) is 15.6. The van der Waals surface area contributed by atoms with E-state index in [1.54, 1.807) is 0 Å². The quantitative estimate of drug-likeness (QED) is 0.0475. The summed E-state index contributed by atoms with van der Waals surface area (Å²) in [5.74, 6) is -4.32. The van der Waals surface area contributed by atoms with Gasteiger partial charge in [-0.3, -0.25) is 24.4 Å². The lowest BCUT2D eigenvalue weighted by Gasteiger charge is -2.26. The lowest BCUT2D eigenvalue weighted by atomic mass is 10.1. The smallest absolute Gasteiger partial charge is 0.328 e. The zero-order valence-corrected chi connectivity index (χ0v) is 21.0. The number of nitrogens with one attached hydrogen (secondary N) is 3. The van der Waals surface area contributed by atoms with E-state index in [0.717, 1.165) is 0 Å². The third-order valence-corrected chi connectivity index (χ3v) is 5.03. The van der Waals surface area contributed by atoms with E-state index in [9.17, 15) is 34.5 Å². The molecule has 0 saturated carbocycles. The molecule has 0 rings (SSSR count). The van der Waals surface area contributed by atoms with Gasteiger partial charge in [-0.1, -0.05) is 0 Å². The standard InChI is InChI=1S/C20H40N10O7/c1-9(31)13(21)17(35)29-11(5-3-7-26-19(22)23)15(33)28-12(6-4-8-27-20(24)25)16(34)30-14(10(2)32)18(36)37/h9-14,31-32H,3-8,21H2,1-2H3,(H,28,33)(H,29,35)(H,30,34)(H,36,37)(H4,22,23,26)(H4,24,25,27). The van der Waals surface area contributed by atoms with E-state index in [-0.39, 0.29) is 50.7 Å². The Morgan fingerprint density at radius 2 is 1.14 bits per heavy atom. The first-order valence-corrected chi connectivity index (χ1v) is 11.5. The summed E-state index contributed by atoms with van der Waals surface area (Å²) in [6.45, 7) is 2.74. The fourth-order valence-electron chi connectivity index (χ4n) is 2.95. The predicted molar refractivity (Wildman–Crippen MR) is 135 cm³/mol. The number of carbonyl (C=O) groups excluding carboxylic acids is 3. The number of carbonyl (C=O) groups is 4. The number of amides is 3. The van der Waals surface area contributed by atoms with Gasteiger partial charge in [-0.05, 0) is 39.5 Å². The fourth-order valence-corrected chi connectivity index (χ4v) is 2.95. The van der Waals surface area contributed by atoms with E-state index < -0.39 is 60.1 Å². The number of aliphatic hydroxyl groups excluding tert-OH is 2. The van der Waals surface area contributed by atoms with Crippen molar-refractivity contribution < 1.29 is 34.5 Å². The number of aliphatic imine (C=N–C) groups is 2. The molecule has 0 aromatic heterocycles. The zero-order valence-electron chi connectivity index (χ0n) is 21.0. The number of aliphatic carboxylic acids is 1. The number of aliphatic hydroxyl groups is 2. The maximum Gasteiger partial charge on any atom is 0.328 e. The summed E-state index contributed by atoms with van der Waals surface area (Å²) < 4.78 is 0. The number of hydrogen-bond acceptors (Lipinski definition) is 9. The summed E-state index contributed by atoms with van der Waals surface area (Å²) >= 11 is 0. The third-order valence-electron chi connectivity index (χ3n) is 5.03. The maximum atomic E-state index is 13.1. The van der Waals surface area contributed by atoms with Crippen LogP contribution in [0.1, 0.15) is 39.5 Å². The molecule has 0 spiro atoms. The average Bonchev–Trinajstić information content (AvgIpc) is 2.79. The van der Waals surface area contributed by atoms with Crippen LogP contribution >= 0.6 is 0 Å². The van der Waals surface area contributed by atoms with Gasteiger partial charge in [0.05, 0.1) is 12.2 Å². The van der Waals surface area contributed by atoms with Crippen LogP contribution in [-0.4, -0.2) is 100 Å². The Morgan fingerprint density at radius 1 is 0.730 bits per heavy atom. The Morgan fingerprint density at radius 3 is 1.49 bits per heavy atom. The molecule has 6 atom stereocenters. The highest BCUT2D eigenvalue weighted by molar-refractivity contribution is 5.94. The number of carboxylic acid groups (broad SMARTS) is 1. The van der Waals surface area contributed by atoms with E-state index in [1.165, 1.54) is 13.8 Å². The topological polar surface area (TPSA) is 320 Å². The number of carboxylic acids is 1. The van der Waals surface area contributed by atoms with E-state index in [2.05, 4.69) is 25.9 Å². The van der Waals surface area contributed by atoms with Crippen LogP contribution in [0.4, 0.5) is 0 Å². The van der Waals surface area contributed by atoms with Crippen LogP contribution in [0.5, 0.6) is 0 Å². The third kappa shape index (κ3) is 13.8. The van der Waals surface area contributed by atoms with Crippen molar-refractivity contribution in [2.24, 2.45) is 38.7 Å². The van der Waals surface area contributed by atoms with Gasteiger partial charge in [0.2, 0.25) is 17.7 Å². The van der Waals surface area contributed by atoms with E-state index >= 15 is 0 Å². The van der Waals surface area contributed by atoms with Crippen LogP contribution in [0.25, 0.3) is 0 Å². The molecular formula is C20H40N10O7. The van der Waals surface area contributed by atoms with Crippen molar-refractivity contribution in [1.82, 2.24) is 16.0 Å². The molecular weight excluding hydrogens is 492 g/mol. The van der Waals surface area contributed by atoms with Gasteiger partial charge < -0.3 is 59.9 Å². The Kier molecular flexibility index (Phi) is 15.2. The van der Waals surface area contributed by atoms with Gasteiger partial charge in [-0.15, -0.1) is 0 Å². The summed E-state index contributed by atoms with van der Waals surface area (Å²) in [5, 5.41) is 35.6. The van der Waals surface area contributed by atoms with E-state index in [0.29, 0.717) is 0 Å². The molecule has 0 radical (unpaired) electrons. The van der Waals surface area contributed by atoms with Crippen LogP contribution in [0.15, 0.2) is 9.98 Å². The fraction of sp³-hybridized carbons (Fsp3) is 0.700. The molecule has 0 aliphatic carbocycles. The molecule has 0 aliphatic heterocycles. The molecule has 0 aliphatic rings. The van der Waals surface area contributed by atoms with Crippen molar-refractivity contribution in [2.75, 3.05) is 13.1 Å². The number of nitrogens with zero attached hydrogens (tertiary/aromatic N) is 2. The molecule has 37 heavy (non-hydrogen) atoms. The van der Waals surface area contributed by atoms with Crippen LogP contribution in [0, 0.1) is 0 Å². The van der Waals surface area contributed by atoms with E-state index in [4.69, 9.17) is 28.7 Å². The van der Waals surface area contributed by atoms with Gasteiger partial charge in [-0.2, -0.15) is 0 Å². The molecule has 17 nitrogen and oxygen atoms in total. The first kappa shape index (κ1) is 33.3. The van der Waals surface area contributed by atoms with Crippen molar-refractivity contribution in [3.05, 3.63) is 0 Å². The van der Waals surface area contributed by atoms with Gasteiger partial charge in [0.25, 0.3) is 0 Å². The second-order valence-corrected chi connectivity index (χ2v) is 8.35. The van der Waals surface area contributed by atoms with Gasteiger partial charge in [0.1, 0.15) is 18.1 Å². The van der Waals surface area contributed by atoms with Crippen LogP contribution in [0.2, 0.25) is 0 Å².